The van der Waals surface area contributed by atoms with E-state index >= 15 is 0 Å². The Morgan fingerprint density at radius 2 is 1.25 bits per heavy atom. The molecule has 5 heteroatoms. The normalized spacial score (nSPS) is 15.7. The Balaban J connectivity index is 1.02. The lowest BCUT2D eigenvalue weighted by Crippen LogP contribution is -2.33. The summed E-state index contributed by atoms with van der Waals surface area (Å²) >= 11 is 0. The van der Waals surface area contributed by atoms with E-state index in [1.54, 1.807) is 0 Å². The van der Waals surface area contributed by atoms with Gasteiger partial charge >= 0.3 is 0 Å². The summed E-state index contributed by atoms with van der Waals surface area (Å²) in [6, 6.07) is 63.6. The minimum atomic E-state index is -0.388. The zero-order valence-electron chi connectivity index (χ0n) is 35.1. The smallest absolute Gasteiger partial charge is 0.159 e. The third kappa shape index (κ3) is 6.27. The molecule has 3 aliphatic rings. The van der Waals surface area contributed by atoms with Crippen molar-refractivity contribution in [1.82, 2.24) is 10.3 Å². The van der Waals surface area contributed by atoms with Crippen LogP contribution in [0, 0.1) is 0 Å². The summed E-state index contributed by atoms with van der Waals surface area (Å²) in [5.74, 6) is 1.50. The van der Waals surface area contributed by atoms with Crippen molar-refractivity contribution in [2.75, 3.05) is 11.9 Å². The average molecular weight is 810 g/mol. The number of anilines is 1. The summed E-state index contributed by atoms with van der Waals surface area (Å²) in [6.45, 7) is 5.50. The minimum Gasteiger partial charge on any atom is -0.379 e. The summed E-state index contributed by atoms with van der Waals surface area (Å²) in [5, 5.41) is 12.2. The molecule has 1 unspecified atom stereocenters. The van der Waals surface area contributed by atoms with Crippen LogP contribution < -0.4 is 10.6 Å². The van der Waals surface area contributed by atoms with Crippen molar-refractivity contribution in [2.45, 2.75) is 25.4 Å². The van der Waals surface area contributed by atoms with Crippen LogP contribution in [-0.4, -0.2) is 23.2 Å². The molecule has 0 fully saturated rings. The van der Waals surface area contributed by atoms with Crippen LogP contribution in [0.25, 0.3) is 72.1 Å². The fourth-order valence-corrected chi connectivity index (χ4v) is 9.93. The van der Waals surface area contributed by atoms with E-state index in [2.05, 4.69) is 188 Å². The number of aromatic nitrogens is 1. The number of nitrogens with zero attached hydrogens (tertiary/aromatic N) is 3. The van der Waals surface area contributed by atoms with Gasteiger partial charge in [-0.2, -0.15) is 0 Å². The lowest BCUT2D eigenvalue weighted by atomic mass is 9.81. The molecular weight excluding hydrogens is 767 g/mol. The Morgan fingerprint density at radius 1 is 0.556 bits per heavy atom. The highest BCUT2D eigenvalue weighted by Gasteiger charge is 2.36. The molecule has 0 radical (unpaired) electrons. The third-order valence-corrected chi connectivity index (χ3v) is 13.1. The third-order valence-electron chi connectivity index (χ3n) is 13.1. The van der Waals surface area contributed by atoms with Crippen molar-refractivity contribution >= 4 is 45.0 Å². The highest BCUT2D eigenvalue weighted by Crippen LogP contribution is 2.52. The standard InChI is InChI=1S/C58H43N5/c1-58(2)49-28-27-41(34-48(49)53-47-19-10-9-13-37(47)26-29-50(53)58)44-31-43(36-22-24-38(25-23-36)46-20-11-18-42-35-60-51-21-12-30-59-54(51)52(42)46)32-45(33-44)57-62-55(39-14-5-3-6-15-39)61-56(63-57)40-16-7-4-8-17-40/h3-29,31-35,57,59H,30H2,1-2H3,(H,61,62,63). The topological polar surface area (TPSA) is 61.7 Å². The summed E-state index contributed by atoms with van der Waals surface area (Å²) in [4.78, 5) is 15.2. The molecule has 0 amide bonds. The first-order valence-corrected chi connectivity index (χ1v) is 21.8. The molecule has 63 heavy (non-hydrogen) atoms. The lowest BCUT2D eigenvalue weighted by Gasteiger charge is -2.25. The van der Waals surface area contributed by atoms with E-state index in [0.717, 1.165) is 68.1 Å². The van der Waals surface area contributed by atoms with Crippen LogP contribution in [0.3, 0.4) is 0 Å². The van der Waals surface area contributed by atoms with Crippen molar-refractivity contribution in [2.24, 2.45) is 9.98 Å². The first-order chi connectivity index (χ1) is 31.0. The zero-order chi connectivity index (χ0) is 42.1. The molecule has 3 heterocycles. The maximum Gasteiger partial charge on any atom is 0.159 e. The molecule has 5 nitrogen and oxygen atoms in total. The Bertz CT molecular complexity index is 3380. The molecule has 0 saturated heterocycles. The van der Waals surface area contributed by atoms with E-state index in [1.807, 2.05) is 30.5 Å². The summed E-state index contributed by atoms with van der Waals surface area (Å²) in [7, 11) is 0. The highest BCUT2D eigenvalue weighted by atomic mass is 15.2. The van der Waals surface area contributed by atoms with Crippen LogP contribution in [0.4, 0.5) is 5.69 Å². The Labute approximate surface area is 367 Å². The molecule has 2 aliphatic heterocycles. The first-order valence-electron chi connectivity index (χ1n) is 21.8. The summed E-state index contributed by atoms with van der Waals surface area (Å²) in [6.07, 6.45) is 5.83. The van der Waals surface area contributed by atoms with E-state index in [1.165, 1.54) is 49.5 Å². The molecule has 0 bridgehead atoms. The molecule has 1 atom stereocenters. The van der Waals surface area contributed by atoms with Gasteiger partial charge in [-0.3, -0.25) is 4.98 Å². The summed E-state index contributed by atoms with van der Waals surface area (Å²) < 4.78 is 0. The number of pyridine rings is 1. The molecule has 12 rings (SSSR count). The van der Waals surface area contributed by atoms with Crippen LogP contribution in [-0.2, 0) is 5.41 Å². The SMILES string of the molecule is CC1(C)c2ccc(-c3cc(-c4ccc(-c5cccc6cnc7c(c56)NCC=C7)cc4)cc(C4N=C(c5ccccc5)N=C(c5ccccc5)N4)c3)cc2-c2c1ccc1ccccc21. The van der Waals surface area contributed by atoms with Gasteiger partial charge in [0.15, 0.2) is 5.84 Å². The first kappa shape index (κ1) is 36.9. The van der Waals surface area contributed by atoms with E-state index in [4.69, 9.17) is 15.0 Å². The molecule has 1 aromatic heterocycles. The van der Waals surface area contributed by atoms with Crippen LogP contribution in [0.1, 0.15) is 53.5 Å². The van der Waals surface area contributed by atoms with Crippen molar-refractivity contribution in [3.63, 3.8) is 0 Å². The number of nitrogens with one attached hydrogen (secondary N) is 2. The van der Waals surface area contributed by atoms with Gasteiger partial charge in [-0.15, -0.1) is 0 Å². The van der Waals surface area contributed by atoms with Gasteiger partial charge in [0.25, 0.3) is 0 Å². The molecule has 0 saturated carbocycles. The van der Waals surface area contributed by atoms with Crippen molar-refractivity contribution < 1.29 is 0 Å². The fraction of sp³-hybridized carbons (Fsp3) is 0.0862. The Hall–Kier alpha value is -7.89. The monoisotopic (exact) mass is 809 g/mol. The average Bonchev–Trinajstić information content (AvgIpc) is 3.59. The maximum absolute atomic E-state index is 5.33. The molecular formula is C58H43N5. The Morgan fingerprint density at radius 3 is 2.08 bits per heavy atom. The van der Waals surface area contributed by atoms with Gasteiger partial charge in [-0.05, 0) is 102 Å². The molecule has 8 aromatic carbocycles. The van der Waals surface area contributed by atoms with Gasteiger partial charge in [0.05, 0.1) is 11.4 Å². The Kier molecular flexibility index (Phi) is 8.58. The zero-order valence-corrected chi connectivity index (χ0v) is 35.1. The molecule has 1 aliphatic carbocycles. The lowest BCUT2D eigenvalue weighted by molar-refractivity contribution is 0.661. The van der Waals surface area contributed by atoms with Crippen molar-refractivity contribution in [1.29, 1.82) is 0 Å². The minimum absolute atomic E-state index is 0.115. The number of benzene rings is 8. The van der Waals surface area contributed by atoms with Gasteiger partial charge in [0.2, 0.25) is 0 Å². The van der Waals surface area contributed by atoms with E-state index in [-0.39, 0.29) is 11.6 Å². The van der Waals surface area contributed by atoms with E-state index in [9.17, 15) is 0 Å². The van der Waals surface area contributed by atoms with Gasteiger partial charge < -0.3 is 10.6 Å². The van der Waals surface area contributed by atoms with Crippen LogP contribution in [0.2, 0.25) is 0 Å². The van der Waals surface area contributed by atoms with Gasteiger partial charge in [-0.1, -0.05) is 172 Å². The molecule has 2 N–H and O–H groups in total. The maximum atomic E-state index is 5.33. The predicted molar refractivity (Wildman–Crippen MR) is 262 cm³/mol. The van der Waals surface area contributed by atoms with E-state index < -0.39 is 0 Å². The second-order valence-electron chi connectivity index (χ2n) is 17.3. The second-order valence-corrected chi connectivity index (χ2v) is 17.3. The van der Waals surface area contributed by atoms with Crippen molar-refractivity contribution in [3.8, 4) is 44.5 Å². The number of fused-ring (bicyclic) bond motifs is 8. The van der Waals surface area contributed by atoms with Crippen LogP contribution in [0.15, 0.2) is 198 Å². The predicted octanol–water partition coefficient (Wildman–Crippen LogP) is 13.6. The molecule has 9 aromatic rings. The van der Waals surface area contributed by atoms with E-state index in [0.29, 0.717) is 5.84 Å². The van der Waals surface area contributed by atoms with Crippen LogP contribution in [0.5, 0.6) is 0 Å². The largest absolute Gasteiger partial charge is 0.379 e. The van der Waals surface area contributed by atoms with Gasteiger partial charge in [-0.25, -0.2) is 9.98 Å². The molecule has 0 spiro atoms. The molecule has 300 valence electrons. The quantitative estimate of drug-likeness (QED) is 0.176. The number of hydrogen-bond donors (Lipinski definition) is 2. The fourth-order valence-electron chi connectivity index (χ4n) is 9.93. The second kappa shape index (κ2) is 14.6. The number of aliphatic imine (C=N–C) groups is 2. The number of rotatable bonds is 6. The van der Waals surface area contributed by atoms with Gasteiger partial charge in [0, 0.05) is 40.1 Å². The van der Waals surface area contributed by atoms with Crippen LogP contribution >= 0.6 is 0 Å². The van der Waals surface area contributed by atoms with Crippen molar-refractivity contribution in [3.05, 3.63) is 222 Å². The number of amidine groups is 2. The number of hydrogen-bond acceptors (Lipinski definition) is 5. The highest BCUT2D eigenvalue weighted by molar-refractivity contribution is 6.13. The summed E-state index contributed by atoms with van der Waals surface area (Å²) in [5.41, 5.74) is 17.3. The van der Waals surface area contributed by atoms with Gasteiger partial charge in [0.1, 0.15) is 12.0 Å².